The number of phosphoric ester groups is 1. The van der Waals surface area contributed by atoms with E-state index in [1.807, 2.05) is 21.1 Å². The maximum absolute atomic E-state index is 12.9. The number of ether oxygens (including phenoxy) is 2. The topological polar surface area (TPSA) is 108 Å². The molecule has 0 bridgehead atoms. The minimum atomic E-state index is -4.39. The van der Waals surface area contributed by atoms with E-state index in [9.17, 15) is 19.0 Å². The molecule has 0 aliphatic rings. The number of allylic oxidation sites excluding steroid dienone is 6. The molecule has 84 heavy (non-hydrogen) atoms. The van der Waals surface area contributed by atoms with Crippen molar-refractivity contribution in [2.24, 2.45) is 0 Å². The van der Waals surface area contributed by atoms with E-state index < -0.39 is 26.5 Å². The Morgan fingerprint density at radius 1 is 0.369 bits per heavy atom. The minimum absolute atomic E-state index is 0.0343. The predicted molar refractivity (Wildman–Crippen MR) is 363 cm³/mol. The molecule has 9 nitrogen and oxygen atoms in total. The quantitative estimate of drug-likeness (QED) is 0.0211. The number of rotatable bonds is 69. The molecule has 496 valence electrons. The second-order valence-electron chi connectivity index (χ2n) is 26.3. The first-order chi connectivity index (χ1) is 41.0. The number of likely N-dealkylation sites (N-methyl/N-ethyl adjacent to an activating group) is 1. The first-order valence-corrected chi connectivity index (χ1v) is 38.2. The molecule has 0 aromatic heterocycles. The third-order valence-corrected chi connectivity index (χ3v) is 17.6. The van der Waals surface area contributed by atoms with Crippen molar-refractivity contribution in [1.29, 1.82) is 0 Å². The van der Waals surface area contributed by atoms with Gasteiger partial charge in [0.05, 0.1) is 27.7 Å². The number of nitrogens with zero attached hydrogens (tertiary/aromatic N) is 1. The van der Waals surface area contributed by atoms with Gasteiger partial charge in [-0.2, -0.15) is 0 Å². The molecule has 0 heterocycles. The van der Waals surface area contributed by atoms with Crippen LogP contribution in [-0.4, -0.2) is 74.9 Å². The average molecular weight is 1210 g/mol. The van der Waals surface area contributed by atoms with Crippen molar-refractivity contribution >= 4 is 19.8 Å². The number of quaternary nitrogens is 1. The maximum Gasteiger partial charge on any atom is 0.472 e. The Hall–Kier alpha value is -1.77. The fraction of sp³-hybridized carbons (Fsp3) is 0.892. The molecular formula is C74H143NO8P+. The van der Waals surface area contributed by atoms with Gasteiger partial charge in [0.15, 0.2) is 6.10 Å². The van der Waals surface area contributed by atoms with E-state index in [4.69, 9.17) is 18.5 Å². The lowest BCUT2D eigenvalue weighted by Crippen LogP contribution is -2.37. The van der Waals surface area contributed by atoms with E-state index in [-0.39, 0.29) is 25.6 Å². The van der Waals surface area contributed by atoms with Gasteiger partial charge in [0.2, 0.25) is 0 Å². The third kappa shape index (κ3) is 69.3. The molecule has 2 atom stereocenters. The van der Waals surface area contributed by atoms with Gasteiger partial charge in [-0.3, -0.25) is 18.6 Å². The number of carbonyl (C=O) groups is 2. The highest BCUT2D eigenvalue weighted by Crippen LogP contribution is 2.43. The lowest BCUT2D eigenvalue weighted by atomic mass is 10.0. The van der Waals surface area contributed by atoms with E-state index in [1.54, 1.807) is 0 Å². The lowest BCUT2D eigenvalue weighted by Gasteiger charge is -2.24. The number of esters is 2. The number of hydrogen-bond acceptors (Lipinski definition) is 7. The summed E-state index contributed by atoms with van der Waals surface area (Å²) in [6.07, 6.45) is 84.1. The Kier molecular flexibility index (Phi) is 64.3. The van der Waals surface area contributed by atoms with Crippen molar-refractivity contribution in [2.75, 3.05) is 47.5 Å². The van der Waals surface area contributed by atoms with Crippen molar-refractivity contribution in [3.8, 4) is 0 Å². The molecule has 0 aliphatic carbocycles. The van der Waals surface area contributed by atoms with Crippen LogP contribution in [0.15, 0.2) is 36.5 Å². The van der Waals surface area contributed by atoms with Crippen LogP contribution in [0.2, 0.25) is 0 Å². The normalized spacial score (nSPS) is 13.3. The van der Waals surface area contributed by atoms with Gasteiger partial charge in [0.25, 0.3) is 0 Å². The van der Waals surface area contributed by atoms with Crippen molar-refractivity contribution in [3.63, 3.8) is 0 Å². The molecule has 0 radical (unpaired) electrons. The van der Waals surface area contributed by atoms with Crippen molar-refractivity contribution in [2.45, 2.75) is 380 Å². The number of carbonyl (C=O) groups excluding carboxylic acids is 2. The zero-order valence-electron chi connectivity index (χ0n) is 56.7. The monoisotopic (exact) mass is 1210 g/mol. The summed E-state index contributed by atoms with van der Waals surface area (Å²) in [7, 11) is 1.50. The summed E-state index contributed by atoms with van der Waals surface area (Å²) >= 11 is 0. The third-order valence-electron chi connectivity index (χ3n) is 16.6. The van der Waals surface area contributed by atoms with E-state index in [0.717, 1.165) is 38.5 Å². The Morgan fingerprint density at radius 2 is 0.643 bits per heavy atom. The van der Waals surface area contributed by atoms with Crippen LogP contribution >= 0.6 is 7.82 Å². The fourth-order valence-corrected chi connectivity index (χ4v) is 11.7. The second kappa shape index (κ2) is 65.7. The largest absolute Gasteiger partial charge is 0.472 e. The van der Waals surface area contributed by atoms with E-state index in [1.165, 1.54) is 302 Å². The smallest absolute Gasteiger partial charge is 0.462 e. The predicted octanol–water partition coefficient (Wildman–Crippen LogP) is 23.8. The molecular weight excluding hydrogens is 1060 g/mol. The summed E-state index contributed by atoms with van der Waals surface area (Å²) in [5.74, 6) is -0.776. The van der Waals surface area contributed by atoms with Crippen LogP contribution in [0.25, 0.3) is 0 Å². The van der Waals surface area contributed by atoms with Crippen LogP contribution in [0.3, 0.4) is 0 Å². The summed E-state index contributed by atoms with van der Waals surface area (Å²) in [4.78, 5) is 35.9. The summed E-state index contributed by atoms with van der Waals surface area (Å²) in [6.45, 7) is 4.49. The summed E-state index contributed by atoms with van der Waals surface area (Å²) in [6, 6.07) is 0. The van der Waals surface area contributed by atoms with Crippen molar-refractivity contribution in [3.05, 3.63) is 36.5 Å². The molecule has 10 heteroatoms. The highest BCUT2D eigenvalue weighted by Gasteiger charge is 2.27. The molecule has 0 saturated heterocycles. The van der Waals surface area contributed by atoms with E-state index in [2.05, 4.69) is 50.3 Å². The Bertz CT molecular complexity index is 1510. The van der Waals surface area contributed by atoms with Crippen molar-refractivity contribution < 1.29 is 42.1 Å². The number of unbranched alkanes of at least 4 members (excludes halogenated alkanes) is 49. The fourth-order valence-electron chi connectivity index (χ4n) is 11.0. The van der Waals surface area contributed by atoms with Gasteiger partial charge in [-0.05, 0) is 70.6 Å². The molecule has 2 unspecified atom stereocenters. The summed E-state index contributed by atoms with van der Waals surface area (Å²) < 4.78 is 34.8. The van der Waals surface area contributed by atoms with Crippen molar-refractivity contribution in [1.82, 2.24) is 0 Å². The van der Waals surface area contributed by atoms with Gasteiger partial charge in [0.1, 0.15) is 19.8 Å². The molecule has 1 N–H and O–H groups in total. The molecule has 0 rings (SSSR count). The maximum atomic E-state index is 12.9. The molecule has 0 fully saturated rings. The summed E-state index contributed by atoms with van der Waals surface area (Å²) in [5, 5.41) is 0. The van der Waals surface area contributed by atoms with Crippen LogP contribution in [0, 0.1) is 0 Å². The van der Waals surface area contributed by atoms with Gasteiger partial charge in [-0.15, -0.1) is 0 Å². The molecule has 0 saturated carbocycles. The van der Waals surface area contributed by atoms with Crippen LogP contribution < -0.4 is 0 Å². The minimum Gasteiger partial charge on any atom is -0.462 e. The van der Waals surface area contributed by atoms with Gasteiger partial charge in [-0.25, -0.2) is 4.57 Å². The highest BCUT2D eigenvalue weighted by atomic mass is 31.2. The van der Waals surface area contributed by atoms with Crippen LogP contribution in [0.1, 0.15) is 373 Å². The average Bonchev–Trinajstić information content (AvgIpc) is 3.61. The molecule has 0 aliphatic heterocycles. The number of hydrogen-bond donors (Lipinski definition) is 1. The van der Waals surface area contributed by atoms with E-state index in [0.29, 0.717) is 23.9 Å². The zero-order valence-corrected chi connectivity index (χ0v) is 57.6. The second-order valence-corrected chi connectivity index (χ2v) is 27.8. The first-order valence-electron chi connectivity index (χ1n) is 36.7. The molecule has 0 aromatic rings. The SMILES string of the molecule is CCCCCCC/C=C\C/C=C\CCCCCCCCCCCCCCCCCC(=O)OC(COC(=O)CCCCCCCCCCCCCCCCCCCCCCC/C=C\CCCCCCCCCC)COP(=O)(O)OCC[N+](C)(C)C. The molecule has 0 amide bonds. The Balaban J connectivity index is 3.96. The van der Waals surface area contributed by atoms with Crippen LogP contribution in [-0.2, 0) is 32.7 Å². The summed E-state index contributed by atoms with van der Waals surface area (Å²) in [5.41, 5.74) is 0. The lowest BCUT2D eigenvalue weighted by molar-refractivity contribution is -0.870. The van der Waals surface area contributed by atoms with Gasteiger partial charge in [0, 0.05) is 12.8 Å². The van der Waals surface area contributed by atoms with Crippen LogP contribution in [0.5, 0.6) is 0 Å². The Labute approximate surface area is 522 Å². The standard InChI is InChI=1S/C74H142NO8P/c1-6-8-10-12-14-16-18-20-22-24-26-28-30-32-34-35-36-37-38-39-41-42-44-46-48-50-52-54-56-58-60-62-64-66-73(76)80-70-72(71-82-84(78,79)81-69-68-75(3,4)5)83-74(77)67-65-63-61-59-57-55-53-51-49-47-45-43-40-33-31-29-27-25-23-21-19-17-15-13-11-9-7-2/h19,21,24-27,72H,6-18,20,22-23,28-71H2,1-5H3/p+1/b21-19-,26-24-,27-25-. The molecule has 0 aromatic carbocycles. The zero-order chi connectivity index (χ0) is 61.2. The van der Waals surface area contributed by atoms with Gasteiger partial charge >= 0.3 is 19.8 Å². The van der Waals surface area contributed by atoms with E-state index >= 15 is 0 Å². The molecule has 0 spiro atoms. The Morgan fingerprint density at radius 3 is 0.952 bits per heavy atom. The number of phosphoric acid groups is 1. The highest BCUT2D eigenvalue weighted by molar-refractivity contribution is 7.47. The van der Waals surface area contributed by atoms with Gasteiger partial charge < -0.3 is 18.9 Å². The van der Waals surface area contributed by atoms with Gasteiger partial charge in [-0.1, -0.05) is 326 Å². The van der Waals surface area contributed by atoms with Crippen LogP contribution in [0.4, 0.5) is 0 Å². The first kappa shape index (κ1) is 82.2.